The second-order valence-corrected chi connectivity index (χ2v) is 6.05. The minimum Gasteiger partial charge on any atom is -0.401 e. The summed E-state index contributed by atoms with van der Waals surface area (Å²) >= 11 is 1.28. The van der Waals surface area contributed by atoms with E-state index in [0.717, 1.165) is 10.6 Å². The molecule has 1 N–H and O–H groups in total. The lowest BCUT2D eigenvalue weighted by Crippen LogP contribution is -2.14. The molecule has 1 amide bonds. The number of hydrogen-bond donors (Lipinski definition) is 1. The van der Waals surface area contributed by atoms with E-state index in [4.69, 9.17) is 4.42 Å². The standard InChI is InChI=1S/C15H14FN5O2S/c1-9-7-12(21(2)20-9)14-18-19-15(23-14)17-13(22)8-24-11-5-3-10(16)4-6-11/h3-7H,8H2,1-2H3,(H,17,19,22). The van der Waals surface area contributed by atoms with E-state index < -0.39 is 0 Å². The van der Waals surface area contributed by atoms with Gasteiger partial charge in [0.05, 0.1) is 11.4 Å². The Labute approximate surface area is 141 Å². The minimum atomic E-state index is -0.312. The Kier molecular flexibility index (Phi) is 4.61. The van der Waals surface area contributed by atoms with Gasteiger partial charge in [-0.2, -0.15) is 5.10 Å². The van der Waals surface area contributed by atoms with Crippen LogP contribution >= 0.6 is 11.8 Å². The fourth-order valence-corrected chi connectivity index (χ4v) is 2.72. The van der Waals surface area contributed by atoms with Gasteiger partial charge in [-0.25, -0.2) is 4.39 Å². The number of halogens is 1. The first-order chi connectivity index (χ1) is 11.5. The number of carbonyl (C=O) groups excluding carboxylic acids is 1. The predicted molar refractivity (Wildman–Crippen MR) is 87.0 cm³/mol. The molecule has 7 nitrogen and oxygen atoms in total. The lowest BCUT2D eigenvalue weighted by molar-refractivity contribution is -0.113. The molecule has 3 rings (SSSR count). The molecule has 0 aliphatic heterocycles. The molecular formula is C15H14FN5O2S. The maximum atomic E-state index is 12.8. The molecule has 0 aliphatic carbocycles. The van der Waals surface area contributed by atoms with Gasteiger partial charge in [-0.05, 0) is 37.3 Å². The molecule has 1 aromatic carbocycles. The lowest BCUT2D eigenvalue weighted by Gasteiger charge is -2.01. The molecule has 0 spiro atoms. The number of thioether (sulfide) groups is 1. The van der Waals surface area contributed by atoms with E-state index in [-0.39, 0.29) is 29.4 Å². The van der Waals surface area contributed by atoms with Gasteiger partial charge in [-0.3, -0.25) is 14.8 Å². The van der Waals surface area contributed by atoms with Crippen molar-refractivity contribution in [1.82, 2.24) is 20.0 Å². The van der Waals surface area contributed by atoms with Crippen LogP contribution in [0.4, 0.5) is 10.4 Å². The van der Waals surface area contributed by atoms with Gasteiger partial charge in [-0.1, -0.05) is 5.10 Å². The number of amides is 1. The predicted octanol–water partition coefficient (Wildman–Crippen LogP) is 2.65. The Balaban J connectivity index is 1.59. The Hall–Kier alpha value is -2.68. The van der Waals surface area contributed by atoms with Gasteiger partial charge in [0.2, 0.25) is 5.91 Å². The Morgan fingerprint density at radius 3 is 2.75 bits per heavy atom. The van der Waals surface area contributed by atoms with Crippen molar-refractivity contribution in [3.8, 4) is 11.6 Å². The minimum absolute atomic E-state index is 0.0218. The topological polar surface area (TPSA) is 85.8 Å². The number of nitrogens with one attached hydrogen (secondary N) is 1. The molecule has 0 aliphatic rings. The maximum Gasteiger partial charge on any atom is 0.322 e. The molecule has 124 valence electrons. The Bertz CT molecular complexity index is 859. The van der Waals surface area contributed by atoms with Crippen molar-refractivity contribution in [2.45, 2.75) is 11.8 Å². The third kappa shape index (κ3) is 3.80. The van der Waals surface area contributed by atoms with E-state index in [1.54, 1.807) is 23.9 Å². The summed E-state index contributed by atoms with van der Waals surface area (Å²) in [7, 11) is 1.77. The van der Waals surface area contributed by atoms with E-state index in [9.17, 15) is 9.18 Å². The molecule has 0 radical (unpaired) electrons. The highest BCUT2D eigenvalue weighted by Crippen LogP contribution is 2.21. The molecule has 0 saturated heterocycles. The summed E-state index contributed by atoms with van der Waals surface area (Å²) in [6.45, 7) is 1.86. The van der Waals surface area contributed by atoms with Crippen LogP contribution in [0.25, 0.3) is 11.6 Å². The van der Waals surface area contributed by atoms with Crippen molar-refractivity contribution >= 4 is 23.7 Å². The smallest absolute Gasteiger partial charge is 0.322 e. The third-order valence-electron chi connectivity index (χ3n) is 3.08. The summed E-state index contributed by atoms with van der Waals surface area (Å²) < 4.78 is 19.9. The van der Waals surface area contributed by atoms with Gasteiger partial charge in [-0.15, -0.1) is 16.9 Å². The van der Waals surface area contributed by atoms with E-state index in [1.165, 1.54) is 23.9 Å². The van der Waals surface area contributed by atoms with E-state index in [1.807, 2.05) is 13.0 Å². The molecule has 0 atom stereocenters. The van der Waals surface area contributed by atoms with Crippen LogP contribution in [-0.2, 0) is 11.8 Å². The quantitative estimate of drug-likeness (QED) is 0.714. The van der Waals surface area contributed by atoms with Crippen molar-refractivity contribution in [3.05, 3.63) is 41.8 Å². The molecule has 0 fully saturated rings. The zero-order valence-corrected chi connectivity index (χ0v) is 13.8. The first-order valence-electron chi connectivity index (χ1n) is 7.04. The normalized spacial score (nSPS) is 10.8. The SMILES string of the molecule is Cc1cc(-c2nnc(NC(=O)CSc3ccc(F)cc3)o2)n(C)n1. The highest BCUT2D eigenvalue weighted by molar-refractivity contribution is 8.00. The van der Waals surface area contributed by atoms with Crippen molar-refractivity contribution in [3.63, 3.8) is 0 Å². The molecule has 0 unspecified atom stereocenters. The number of benzene rings is 1. The molecule has 9 heteroatoms. The summed E-state index contributed by atoms with van der Waals surface area (Å²) in [6, 6.07) is 7.75. The van der Waals surface area contributed by atoms with Crippen LogP contribution < -0.4 is 5.32 Å². The average Bonchev–Trinajstić information content (AvgIpc) is 3.12. The number of hydrogen-bond acceptors (Lipinski definition) is 6. The first kappa shape index (κ1) is 16.2. The second kappa shape index (κ2) is 6.83. The number of carbonyl (C=O) groups is 1. The van der Waals surface area contributed by atoms with Gasteiger partial charge < -0.3 is 4.42 Å². The molecular weight excluding hydrogens is 333 g/mol. The van der Waals surface area contributed by atoms with Crippen LogP contribution in [0, 0.1) is 12.7 Å². The average molecular weight is 347 g/mol. The lowest BCUT2D eigenvalue weighted by atomic mass is 10.4. The number of nitrogens with zero attached hydrogens (tertiary/aromatic N) is 4. The number of aryl methyl sites for hydroxylation is 2. The van der Waals surface area contributed by atoms with Crippen molar-refractivity contribution < 1.29 is 13.6 Å². The van der Waals surface area contributed by atoms with Crippen LogP contribution in [0.5, 0.6) is 0 Å². The number of anilines is 1. The van der Waals surface area contributed by atoms with Crippen molar-refractivity contribution in [1.29, 1.82) is 0 Å². The summed E-state index contributed by atoms with van der Waals surface area (Å²) in [6.07, 6.45) is 0. The largest absolute Gasteiger partial charge is 0.401 e. The highest BCUT2D eigenvalue weighted by atomic mass is 32.2. The van der Waals surface area contributed by atoms with Gasteiger partial charge in [0.15, 0.2) is 0 Å². The van der Waals surface area contributed by atoms with Crippen LogP contribution in [0.1, 0.15) is 5.69 Å². The molecule has 2 aromatic heterocycles. The van der Waals surface area contributed by atoms with Crippen LogP contribution in [0.3, 0.4) is 0 Å². The molecule has 24 heavy (non-hydrogen) atoms. The monoisotopic (exact) mass is 347 g/mol. The zero-order chi connectivity index (χ0) is 17.1. The van der Waals surface area contributed by atoms with Gasteiger partial charge in [0.25, 0.3) is 5.89 Å². The fourth-order valence-electron chi connectivity index (χ4n) is 2.02. The summed E-state index contributed by atoms with van der Waals surface area (Å²) in [5, 5.41) is 14.4. The van der Waals surface area contributed by atoms with Gasteiger partial charge in [0.1, 0.15) is 11.5 Å². The van der Waals surface area contributed by atoms with E-state index >= 15 is 0 Å². The van der Waals surface area contributed by atoms with Crippen LogP contribution in [-0.4, -0.2) is 31.6 Å². The molecule has 0 saturated carbocycles. The number of rotatable bonds is 5. The zero-order valence-electron chi connectivity index (χ0n) is 13.0. The fraction of sp³-hybridized carbons (Fsp3) is 0.200. The van der Waals surface area contributed by atoms with E-state index in [0.29, 0.717) is 5.69 Å². The number of aromatic nitrogens is 4. The molecule has 0 bridgehead atoms. The van der Waals surface area contributed by atoms with E-state index in [2.05, 4.69) is 20.6 Å². The van der Waals surface area contributed by atoms with Gasteiger partial charge in [0, 0.05) is 11.9 Å². The second-order valence-electron chi connectivity index (χ2n) is 5.00. The molecule has 3 aromatic rings. The third-order valence-corrected chi connectivity index (χ3v) is 4.09. The Morgan fingerprint density at radius 1 is 1.33 bits per heavy atom. The van der Waals surface area contributed by atoms with Crippen LogP contribution in [0.15, 0.2) is 39.6 Å². The summed E-state index contributed by atoms with van der Waals surface area (Å²) in [5.41, 5.74) is 1.49. The van der Waals surface area contributed by atoms with Crippen molar-refractivity contribution in [2.75, 3.05) is 11.1 Å². The summed E-state index contributed by atoms with van der Waals surface area (Å²) in [4.78, 5) is 12.7. The van der Waals surface area contributed by atoms with Crippen LogP contribution in [0.2, 0.25) is 0 Å². The van der Waals surface area contributed by atoms with Crippen molar-refractivity contribution in [2.24, 2.45) is 7.05 Å². The molecule has 2 heterocycles. The summed E-state index contributed by atoms with van der Waals surface area (Å²) in [5.74, 6) is -0.179. The Morgan fingerprint density at radius 2 is 2.08 bits per heavy atom. The maximum absolute atomic E-state index is 12.8. The first-order valence-corrected chi connectivity index (χ1v) is 8.02. The highest BCUT2D eigenvalue weighted by Gasteiger charge is 2.15. The van der Waals surface area contributed by atoms with Gasteiger partial charge >= 0.3 is 6.01 Å².